The van der Waals surface area contributed by atoms with Crippen LogP contribution in [0.25, 0.3) is 0 Å². The maximum absolute atomic E-state index is 10.1. The summed E-state index contributed by atoms with van der Waals surface area (Å²) in [5, 5.41) is 14.8. The monoisotopic (exact) mass is 231 g/mol. The van der Waals surface area contributed by atoms with Crippen LogP contribution in [0.4, 0.5) is 0 Å². The van der Waals surface area contributed by atoms with Crippen molar-refractivity contribution in [2.24, 2.45) is 12.8 Å². The van der Waals surface area contributed by atoms with Crippen LogP contribution in [0.3, 0.4) is 0 Å². The van der Waals surface area contributed by atoms with Crippen molar-refractivity contribution in [3.63, 3.8) is 0 Å². The average molecular weight is 232 g/mol. The largest absolute Gasteiger partial charge is 0.390 e. The number of aromatic nitrogens is 2. The van der Waals surface area contributed by atoms with Crippen molar-refractivity contribution >= 4 is 11.6 Å². The first kappa shape index (κ1) is 12.5. The molecule has 0 aromatic carbocycles. The number of aliphatic hydroxyl groups is 1. The number of halogens is 1. The molecule has 0 bridgehead atoms. The second-order valence-corrected chi connectivity index (χ2v) is 4.55. The molecule has 5 heteroatoms. The lowest BCUT2D eigenvalue weighted by atomic mass is 9.94. The van der Waals surface area contributed by atoms with Crippen LogP contribution < -0.4 is 5.73 Å². The normalized spacial score (nSPS) is 15.3. The number of hydrogen-bond acceptors (Lipinski definition) is 3. The zero-order valence-corrected chi connectivity index (χ0v) is 10.2. The molecule has 0 aliphatic heterocycles. The van der Waals surface area contributed by atoms with E-state index in [0.717, 1.165) is 11.3 Å². The summed E-state index contributed by atoms with van der Waals surface area (Å²) < 4.78 is 1.62. The second kappa shape index (κ2) is 4.51. The molecule has 0 spiro atoms. The lowest BCUT2D eigenvalue weighted by Gasteiger charge is -2.22. The minimum absolute atomic E-state index is 0.462. The van der Waals surface area contributed by atoms with Crippen molar-refractivity contribution in [1.29, 1.82) is 0 Å². The van der Waals surface area contributed by atoms with E-state index >= 15 is 0 Å². The fourth-order valence-corrected chi connectivity index (χ4v) is 1.90. The smallest absolute Gasteiger partial charge is 0.130 e. The number of hydrogen-bond donors (Lipinski definition) is 2. The molecule has 0 radical (unpaired) electrons. The van der Waals surface area contributed by atoms with Crippen LogP contribution in [0.5, 0.6) is 0 Å². The van der Waals surface area contributed by atoms with Crippen LogP contribution in [-0.2, 0) is 13.5 Å². The molecule has 0 fully saturated rings. The van der Waals surface area contributed by atoms with Gasteiger partial charge in [0, 0.05) is 19.0 Å². The van der Waals surface area contributed by atoms with E-state index in [0.29, 0.717) is 24.5 Å². The van der Waals surface area contributed by atoms with Gasteiger partial charge in [0.05, 0.1) is 11.3 Å². The lowest BCUT2D eigenvalue weighted by Crippen LogP contribution is -2.30. The van der Waals surface area contributed by atoms with Gasteiger partial charge in [-0.05, 0) is 26.8 Å². The summed E-state index contributed by atoms with van der Waals surface area (Å²) in [5.74, 6) is 0. The molecule has 0 saturated carbocycles. The summed E-state index contributed by atoms with van der Waals surface area (Å²) in [6.45, 7) is 4.12. The molecule has 1 aromatic heterocycles. The lowest BCUT2D eigenvalue weighted by molar-refractivity contribution is 0.0537. The summed E-state index contributed by atoms with van der Waals surface area (Å²) in [6, 6.07) is 0. The Hall–Kier alpha value is -0.580. The molecule has 15 heavy (non-hydrogen) atoms. The second-order valence-electron chi connectivity index (χ2n) is 4.19. The summed E-state index contributed by atoms with van der Waals surface area (Å²) in [6.07, 6.45) is 1.04. The fourth-order valence-electron chi connectivity index (χ4n) is 1.65. The van der Waals surface area contributed by atoms with E-state index in [1.165, 1.54) is 0 Å². The average Bonchev–Trinajstić information content (AvgIpc) is 2.32. The molecule has 1 atom stereocenters. The van der Waals surface area contributed by atoms with Gasteiger partial charge in [-0.15, -0.1) is 0 Å². The Bertz CT molecular complexity index is 347. The van der Waals surface area contributed by atoms with Gasteiger partial charge in [-0.1, -0.05) is 11.6 Å². The van der Waals surface area contributed by atoms with Gasteiger partial charge in [-0.2, -0.15) is 5.10 Å². The number of aryl methyl sites for hydroxylation is 2. The Balaban J connectivity index is 2.89. The van der Waals surface area contributed by atoms with Crippen LogP contribution in [-0.4, -0.2) is 27.0 Å². The molecule has 1 heterocycles. The SMILES string of the molecule is Cc1nn(C)c(Cl)c1CC(C)(O)CCN. The summed E-state index contributed by atoms with van der Waals surface area (Å²) >= 11 is 6.08. The van der Waals surface area contributed by atoms with Gasteiger partial charge < -0.3 is 10.8 Å². The minimum atomic E-state index is -0.813. The van der Waals surface area contributed by atoms with Crippen molar-refractivity contribution in [2.75, 3.05) is 6.54 Å². The van der Waals surface area contributed by atoms with E-state index in [4.69, 9.17) is 17.3 Å². The van der Waals surface area contributed by atoms with Gasteiger partial charge in [-0.25, -0.2) is 0 Å². The zero-order chi connectivity index (χ0) is 11.6. The Morgan fingerprint density at radius 2 is 2.20 bits per heavy atom. The highest BCUT2D eigenvalue weighted by Gasteiger charge is 2.24. The standard InChI is InChI=1S/C10H18ClN3O/c1-7-8(9(11)14(3)13-7)6-10(2,15)4-5-12/h15H,4-6,12H2,1-3H3. The molecule has 3 N–H and O–H groups in total. The maximum Gasteiger partial charge on any atom is 0.130 e. The molecule has 4 nitrogen and oxygen atoms in total. The first-order valence-corrected chi connectivity index (χ1v) is 5.35. The van der Waals surface area contributed by atoms with Gasteiger partial charge in [0.2, 0.25) is 0 Å². The van der Waals surface area contributed by atoms with E-state index in [-0.39, 0.29) is 0 Å². The molecular weight excluding hydrogens is 214 g/mol. The number of nitrogens with two attached hydrogens (primary N) is 1. The Labute approximate surface area is 95.0 Å². The zero-order valence-electron chi connectivity index (χ0n) is 9.42. The van der Waals surface area contributed by atoms with Gasteiger partial charge in [0.25, 0.3) is 0 Å². The highest BCUT2D eigenvalue weighted by Crippen LogP contribution is 2.25. The minimum Gasteiger partial charge on any atom is -0.390 e. The van der Waals surface area contributed by atoms with E-state index in [1.807, 2.05) is 6.92 Å². The van der Waals surface area contributed by atoms with Gasteiger partial charge in [0.1, 0.15) is 5.15 Å². The van der Waals surface area contributed by atoms with Gasteiger partial charge in [0.15, 0.2) is 0 Å². The molecule has 0 aliphatic carbocycles. The molecule has 1 unspecified atom stereocenters. The predicted molar refractivity (Wildman–Crippen MR) is 61.0 cm³/mol. The van der Waals surface area contributed by atoms with Crippen LogP contribution >= 0.6 is 11.6 Å². The molecular formula is C10H18ClN3O. The molecule has 1 aromatic rings. The quantitative estimate of drug-likeness (QED) is 0.814. The van der Waals surface area contributed by atoms with E-state index in [1.54, 1.807) is 18.7 Å². The highest BCUT2D eigenvalue weighted by atomic mass is 35.5. The molecule has 0 amide bonds. The Morgan fingerprint density at radius 3 is 2.60 bits per heavy atom. The van der Waals surface area contributed by atoms with Crippen molar-refractivity contribution in [3.05, 3.63) is 16.4 Å². The third-order valence-corrected chi connectivity index (χ3v) is 2.98. The fraction of sp³-hybridized carbons (Fsp3) is 0.700. The summed E-state index contributed by atoms with van der Waals surface area (Å²) in [5.41, 5.74) is 6.38. The predicted octanol–water partition coefficient (Wildman–Crippen LogP) is 1.02. The third kappa shape index (κ3) is 2.93. The Kier molecular flexibility index (Phi) is 3.76. The van der Waals surface area contributed by atoms with Crippen LogP contribution in [0.2, 0.25) is 5.15 Å². The van der Waals surface area contributed by atoms with Crippen LogP contribution in [0.1, 0.15) is 24.6 Å². The first-order valence-electron chi connectivity index (χ1n) is 4.98. The maximum atomic E-state index is 10.1. The number of rotatable bonds is 4. The summed E-state index contributed by atoms with van der Waals surface area (Å²) in [4.78, 5) is 0. The van der Waals surface area contributed by atoms with E-state index < -0.39 is 5.60 Å². The van der Waals surface area contributed by atoms with Crippen molar-refractivity contribution < 1.29 is 5.11 Å². The van der Waals surface area contributed by atoms with E-state index in [2.05, 4.69) is 5.10 Å². The topological polar surface area (TPSA) is 64.1 Å². The summed E-state index contributed by atoms with van der Waals surface area (Å²) in [7, 11) is 1.79. The first-order chi connectivity index (χ1) is 6.87. The Morgan fingerprint density at radius 1 is 1.60 bits per heavy atom. The third-order valence-electron chi connectivity index (χ3n) is 2.51. The molecule has 86 valence electrons. The molecule has 0 aliphatic rings. The van der Waals surface area contributed by atoms with Crippen LogP contribution in [0.15, 0.2) is 0 Å². The van der Waals surface area contributed by atoms with Gasteiger partial charge in [-0.3, -0.25) is 4.68 Å². The highest BCUT2D eigenvalue weighted by molar-refractivity contribution is 6.30. The molecule has 1 rings (SSSR count). The molecule has 0 saturated heterocycles. The van der Waals surface area contributed by atoms with Crippen molar-refractivity contribution in [3.8, 4) is 0 Å². The van der Waals surface area contributed by atoms with Crippen molar-refractivity contribution in [2.45, 2.75) is 32.3 Å². The van der Waals surface area contributed by atoms with Crippen molar-refractivity contribution in [1.82, 2.24) is 9.78 Å². The number of nitrogens with zero attached hydrogens (tertiary/aromatic N) is 2. The van der Waals surface area contributed by atoms with Crippen LogP contribution in [0, 0.1) is 6.92 Å². The van der Waals surface area contributed by atoms with E-state index in [9.17, 15) is 5.11 Å². The van der Waals surface area contributed by atoms with Gasteiger partial charge >= 0.3 is 0 Å².